The molecular weight excluding hydrogens is 380 g/mol. The lowest BCUT2D eigenvalue weighted by Gasteiger charge is -2.30. The third-order valence-electron chi connectivity index (χ3n) is 4.77. The smallest absolute Gasteiger partial charge is 0.263 e. The molecule has 0 spiro atoms. The fourth-order valence-electron chi connectivity index (χ4n) is 3.35. The number of fused-ring (bicyclic) bond motifs is 1. The van der Waals surface area contributed by atoms with Crippen LogP contribution < -0.4 is 19.1 Å². The first kappa shape index (κ1) is 20.0. The van der Waals surface area contributed by atoms with E-state index in [4.69, 9.17) is 9.47 Å². The number of anilines is 2. The highest BCUT2D eigenvalue weighted by molar-refractivity contribution is 7.92. The summed E-state index contributed by atoms with van der Waals surface area (Å²) in [5, 5.41) is 2.86. The number of amides is 1. The molecule has 1 N–H and O–H groups in total. The fraction of sp³-hybridized carbons (Fsp3) is 0.350. The van der Waals surface area contributed by atoms with E-state index in [0.717, 1.165) is 18.4 Å². The standard InChI is InChI=1S/C20H24N2O5S/c1-4-28(24,25)22-12-6-7-14-13-15(10-11-16(14)22)21-20(23)19-17(26-2)8-5-9-18(19)27-3/h5,8-11,13H,4,6-7,12H2,1-3H3,(H,21,23). The zero-order valence-electron chi connectivity index (χ0n) is 16.2. The Labute approximate surface area is 165 Å². The van der Waals surface area contributed by atoms with Gasteiger partial charge in [0.1, 0.15) is 17.1 Å². The second-order valence-corrected chi connectivity index (χ2v) is 8.59. The Bertz CT molecular complexity index is 966. The number of nitrogens with one attached hydrogen (secondary N) is 1. The second-order valence-electron chi connectivity index (χ2n) is 6.41. The third kappa shape index (κ3) is 3.77. The summed E-state index contributed by atoms with van der Waals surface area (Å²) in [6.45, 7) is 2.12. The quantitative estimate of drug-likeness (QED) is 0.800. The lowest BCUT2D eigenvalue weighted by Crippen LogP contribution is -2.36. The lowest BCUT2D eigenvalue weighted by molar-refractivity contribution is 0.102. The summed E-state index contributed by atoms with van der Waals surface area (Å²) >= 11 is 0. The van der Waals surface area contributed by atoms with Crippen LogP contribution in [0.2, 0.25) is 0 Å². The number of ether oxygens (including phenoxy) is 2. The molecular formula is C20H24N2O5S. The Morgan fingerprint density at radius 3 is 2.43 bits per heavy atom. The maximum atomic E-state index is 12.8. The minimum atomic E-state index is -3.32. The van der Waals surface area contributed by atoms with E-state index in [9.17, 15) is 13.2 Å². The van der Waals surface area contributed by atoms with Crippen molar-refractivity contribution in [1.29, 1.82) is 0 Å². The van der Waals surface area contributed by atoms with E-state index >= 15 is 0 Å². The molecule has 0 radical (unpaired) electrons. The van der Waals surface area contributed by atoms with Gasteiger partial charge in [0.25, 0.3) is 5.91 Å². The number of sulfonamides is 1. The Kier molecular flexibility index (Phi) is 5.79. The van der Waals surface area contributed by atoms with Gasteiger partial charge in [-0.2, -0.15) is 0 Å². The number of carbonyl (C=O) groups is 1. The van der Waals surface area contributed by atoms with Crippen LogP contribution in [0.4, 0.5) is 11.4 Å². The van der Waals surface area contributed by atoms with Crippen molar-refractivity contribution in [3.05, 3.63) is 47.5 Å². The number of benzene rings is 2. The molecule has 1 heterocycles. The van der Waals surface area contributed by atoms with Crippen LogP contribution in [-0.4, -0.2) is 40.8 Å². The number of hydrogen-bond acceptors (Lipinski definition) is 5. The minimum Gasteiger partial charge on any atom is -0.496 e. The predicted molar refractivity (Wildman–Crippen MR) is 109 cm³/mol. The summed E-state index contributed by atoms with van der Waals surface area (Å²) in [5.41, 5.74) is 2.47. The summed E-state index contributed by atoms with van der Waals surface area (Å²) in [7, 11) is -0.332. The highest BCUT2D eigenvalue weighted by Crippen LogP contribution is 2.33. The number of nitrogens with zero attached hydrogens (tertiary/aromatic N) is 1. The van der Waals surface area contributed by atoms with E-state index in [1.807, 2.05) is 6.07 Å². The first-order valence-corrected chi connectivity index (χ1v) is 10.7. The van der Waals surface area contributed by atoms with Gasteiger partial charge < -0.3 is 14.8 Å². The van der Waals surface area contributed by atoms with Gasteiger partial charge in [-0.1, -0.05) is 6.07 Å². The molecule has 0 atom stereocenters. The molecule has 1 aliphatic rings. The molecule has 2 aromatic rings. The Morgan fingerprint density at radius 2 is 1.82 bits per heavy atom. The monoisotopic (exact) mass is 404 g/mol. The highest BCUT2D eigenvalue weighted by atomic mass is 32.2. The van der Waals surface area contributed by atoms with E-state index in [0.29, 0.717) is 35.0 Å². The van der Waals surface area contributed by atoms with Crippen LogP contribution in [0.3, 0.4) is 0 Å². The average Bonchev–Trinajstić information content (AvgIpc) is 2.72. The van der Waals surface area contributed by atoms with Crippen molar-refractivity contribution in [3.8, 4) is 11.5 Å². The number of hydrogen-bond donors (Lipinski definition) is 1. The van der Waals surface area contributed by atoms with Crippen molar-refractivity contribution < 1.29 is 22.7 Å². The van der Waals surface area contributed by atoms with E-state index in [1.54, 1.807) is 37.3 Å². The molecule has 3 rings (SSSR count). The normalized spacial score (nSPS) is 13.6. The van der Waals surface area contributed by atoms with Gasteiger partial charge in [-0.15, -0.1) is 0 Å². The van der Waals surface area contributed by atoms with Crippen molar-refractivity contribution in [2.45, 2.75) is 19.8 Å². The SMILES string of the molecule is CCS(=O)(=O)N1CCCc2cc(NC(=O)c3c(OC)cccc3OC)ccc21. The zero-order valence-corrected chi connectivity index (χ0v) is 17.0. The molecule has 1 amide bonds. The van der Waals surface area contributed by atoms with E-state index in [2.05, 4.69) is 5.32 Å². The Balaban J connectivity index is 1.91. The number of aryl methyl sites for hydroxylation is 1. The number of rotatable bonds is 6. The summed E-state index contributed by atoms with van der Waals surface area (Å²) in [6.07, 6.45) is 1.50. The van der Waals surface area contributed by atoms with Crippen LogP contribution in [0, 0.1) is 0 Å². The Morgan fingerprint density at radius 1 is 1.14 bits per heavy atom. The van der Waals surface area contributed by atoms with E-state index in [-0.39, 0.29) is 11.7 Å². The molecule has 0 unspecified atom stereocenters. The number of methoxy groups -OCH3 is 2. The third-order valence-corrected chi connectivity index (χ3v) is 6.55. The maximum absolute atomic E-state index is 12.8. The summed E-state index contributed by atoms with van der Waals surface area (Å²) in [5.74, 6) is 0.520. The zero-order chi connectivity index (χ0) is 20.3. The van der Waals surface area contributed by atoms with Gasteiger partial charge in [-0.25, -0.2) is 8.42 Å². The molecule has 0 fully saturated rings. The molecule has 0 bridgehead atoms. The minimum absolute atomic E-state index is 0.0541. The van der Waals surface area contributed by atoms with Crippen LogP contribution in [0.15, 0.2) is 36.4 Å². The van der Waals surface area contributed by atoms with Crippen molar-refractivity contribution >= 4 is 27.3 Å². The molecule has 0 aliphatic carbocycles. The molecule has 8 heteroatoms. The van der Waals surface area contributed by atoms with E-state index < -0.39 is 10.0 Å². The highest BCUT2D eigenvalue weighted by Gasteiger charge is 2.26. The molecule has 28 heavy (non-hydrogen) atoms. The predicted octanol–water partition coefficient (Wildman–Crippen LogP) is 3.06. The topological polar surface area (TPSA) is 84.9 Å². The molecule has 150 valence electrons. The van der Waals surface area contributed by atoms with Gasteiger partial charge in [0.15, 0.2) is 0 Å². The first-order chi connectivity index (χ1) is 13.4. The van der Waals surface area contributed by atoms with Gasteiger partial charge in [-0.3, -0.25) is 9.10 Å². The van der Waals surface area contributed by atoms with Gasteiger partial charge in [0.05, 0.1) is 25.7 Å². The Hall–Kier alpha value is -2.74. The molecule has 1 aliphatic heterocycles. The lowest BCUT2D eigenvalue weighted by atomic mass is 10.0. The first-order valence-electron chi connectivity index (χ1n) is 9.07. The van der Waals surface area contributed by atoms with E-state index in [1.165, 1.54) is 18.5 Å². The van der Waals surface area contributed by atoms with Crippen LogP contribution in [0.5, 0.6) is 11.5 Å². The van der Waals surface area contributed by atoms with Crippen LogP contribution in [0.1, 0.15) is 29.3 Å². The largest absolute Gasteiger partial charge is 0.496 e. The van der Waals surface area contributed by atoms with Crippen LogP contribution >= 0.6 is 0 Å². The van der Waals surface area contributed by atoms with Crippen molar-refractivity contribution in [2.24, 2.45) is 0 Å². The van der Waals surface area contributed by atoms with Crippen LogP contribution in [0.25, 0.3) is 0 Å². The second kappa shape index (κ2) is 8.10. The van der Waals surface area contributed by atoms with Crippen molar-refractivity contribution in [3.63, 3.8) is 0 Å². The van der Waals surface area contributed by atoms with Crippen molar-refractivity contribution in [1.82, 2.24) is 0 Å². The number of carbonyl (C=O) groups excluding carboxylic acids is 1. The van der Waals surface area contributed by atoms with Crippen LogP contribution in [-0.2, 0) is 16.4 Å². The average molecular weight is 404 g/mol. The van der Waals surface area contributed by atoms with Gasteiger partial charge >= 0.3 is 0 Å². The van der Waals surface area contributed by atoms with Gasteiger partial charge in [0.2, 0.25) is 10.0 Å². The fourth-order valence-corrected chi connectivity index (χ4v) is 4.55. The summed E-state index contributed by atoms with van der Waals surface area (Å²) in [4.78, 5) is 12.8. The molecule has 0 aromatic heterocycles. The van der Waals surface area contributed by atoms with Crippen molar-refractivity contribution in [2.75, 3.05) is 36.1 Å². The summed E-state index contributed by atoms with van der Waals surface area (Å²) in [6, 6.07) is 10.4. The summed E-state index contributed by atoms with van der Waals surface area (Å²) < 4.78 is 36.7. The molecule has 0 saturated carbocycles. The molecule has 2 aromatic carbocycles. The van der Waals surface area contributed by atoms with Gasteiger partial charge in [0, 0.05) is 12.2 Å². The molecule has 0 saturated heterocycles. The maximum Gasteiger partial charge on any atom is 0.263 e. The van der Waals surface area contributed by atoms with Gasteiger partial charge in [-0.05, 0) is 55.7 Å². The molecule has 7 nitrogen and oxygen atoms in total.